The average Bonchev–Trinajstić information content (AvgIpc) is 2.90. The van der Waals surface area contributed by atoms with Crippen molar-refractivity contribution in [3.63, 3.8) is 0 Å². The van der Waals surface area contributed by atoms with Gasteiger partial charge in [-0.15, -0.1) is 0 Å². The number of rotatable bonds is 3. The molecule has 0 aliphatic carbocycles. The molecule has 0 bridgehead atoms. The van der Waals surface area contributed by atoms with Crippen LogP contribution in [0.3, 0.4) is 0 Å². The highest BCUT2D eigenvalue weighted by molar-refractivity contribution is 6.03. The van der Waals surface area contributed by atoms with Gasteiger partial charge in [0.2, 0.25) is 5.95 Å². The maximum Gasteiger partial charge on any atom is 0.274 e. The van der Waals surface area contributed by atoms with Gasteiger partial charge < -0.3 is 10.2 Å². The van der Waals surface area contributed by atoms with Gasteiger partial charge in [-0.2, -0.15) is 0 Å². The minimum atomic E-state index is -0.194. The molecule has 1 saturated heterocycles. The lowest BCUT2D eigenvalue weighted by atomic mass is 9.87. The molecule has 2 aromatic rings. The Morgan fingerprint density at radius 1 is 1.00 bits per heavy atom. The number of carbonyl (C=O) groups is 1. The van der Waals surface area contributed by atoms with E-state index in [2.05, 4.69) is 53.1 Å². The van der Waals surface area contributed by atoms with Gasteiger partial charge in [0, 0.05) is 24.5 Å². The van der Waals surface area contributed by atoms with Gasteiger partial charge in [-0.1, -0.05) is 45.7 Å². The molecule has 0 unspecified atom stereocenters. The number of hydrogen-bond donors (Lipinski definition) is 1. The van der Waals surface area contributed by atoms with Crippen molar-refractivity contribution in [2.45, 2.75) is 58.8 Å². The molecule has 27 heavy (non-hydrogen) atoms. The molecule has 2 heterocycles. The number of nitrogens with zero attached hydrogens (tertiary/aromatic N) is 3. The first-order chi connectivity index (χ1) is 12.8. The summed E-state index contributed by atoms with van der Waals surface area (Å²) in [6.07, 6.45) is 4.80. The Morgan fingerprint density at radius 3 is 2.22 bits per heavy atom. The highest BCUT2D eigenvalue weighted by Crippen LogP contribution is 2.24. The molecule has 1 amide bonds. The van der Waals surface area contributed by atoms with Crippen LogP contribution < -0.4 is 10.2 Å². The maximum absolute atomic E-state index is 12.7. The summed E-state index contributed by atoms with van der Waals surface area (Å²) < 4.78 is 0. The average molecular weight is 367 g/mol. The molecular weight excluding hydrogens is 336 g/mol. The molecule has 0 radical (unpaired) electrons. The molecule has 5 heteroatoms. The van der Waals surface area contributed by atoms with Gasteiger partial charge in [-0.05, 0) is 48.9 Å². The second-order valence-electron chi connectivity index (χ2n) is 8.38. The lowest BCUT2D eigenvalue weighted by Crippen LogP contribution is -2.27. The monoisotopic (exact) mass is 366 g/mol. The number of carbonyl (C=O) groups excluding carboxylic acids is 1. The summed E-state index contributed by atoms with van der Waals surface area (Å²) in [5.74, 6) is 0.477. The van der Waals surface area contributed by atoms with Crippen molar-refractivity contribution in [2.24, 2.45) is 0 Å². The van der Waals surface area contributed by atoms with Crippen LogP contribution in [0.5, 0.6) is 0 Å². The Hall–Kier alpha value is -2.43. The zero-order chi connectivity index (χ0) is 19.4. The Labute approximate surface area is 162 Å². The number of nitrogens with one attached hydrogen (secondary N) is 1. The normalized spacial score (nSPS) is 15.3. The van der Waals surface area contributed by atoms with Crippen molar-refractivity contribution in [2.75, 3.05) is 23.3 Å². The fraction of sp³-hybridized carbons (Fsp3) is 0.500. The van der Waals surface area contributed by atoms with E-state index in [1.165, 1.54) is 18.4 Å². The smallest absolute Gasteiger partial charge is 0.274 e. The third kappa shape index (κ3) is 5.06. The summed E-state index contributed by atoms with van der Waals surface area (Å²) in [7, 11) is 0. The molecule has 1 fully saturated rings. The van der Waals surface area contributed by atoms with Gasteiger partial charge in [0.25, 0.3) is 5.91 Å². The molecule has 0 saturated carbocycles. The first-order valence-corrected chi connectivity index (χ1v) is 9.85. The lowest BCUT2D eigenvalue weighted by Gasteiger charge is -2.21. The predicted octanol–water partition coefficient (Wildman–Crippen LogP) is 4.72. The predicted molar refractivity (Wildman–Crippen MR) is 111 cm³/mol. The summed E-state index contributed by atoms with van der Waals surface area (Å²) in [5.41, 5.74) is 3.34. The van der Waals surface area contributed by atoms with Crippen LogP contribution in [0.2, 0.25) is 0 Å². The number of aromatic nitrogens is 2. The first-order valence-electron chi connectivity index (χ1n) is 9.85. The highest BCUT2D eigenvalue weighted by Gasteiger charge is 2.17. The van der Waals surface area contributed by atoms with Gasteiger partial charge in [0.15, 0.2) is 0 Å². The summed E-state index contributed by atoms with van der Waals surface area (Å²) in [4.78, 5) is 24.1. The minimum absolute atomic E-state index is 0.0916. The van der Waals surface area contributed by atoms with Crippen LogP contribution in [0.25, 0.3) is 0 Å². The molecule has 3 rings (SSSR count). The van der Waals surface area contributed by atoms with Gasteiger partial charge in [-0.3, -0.25) is 4.79 Å². The van der Waals surface area contributed by atoms with Crippen molar-refractivity contribution in [1.29, 1.82) is 0 Å². The van der Waals surface area contributed by atoms with E-state index >= 15 is 0 Å². The Balaban J connectivity index is 1.76. The van der Waals surface area contributed by atoms with Gasteiger partial charge in [-0.25, -0.2) is 9.97 Å². The van der Waals surface area contributed by atoms with Crippen LogP contribution in [-0.2, 0) is 5.41 Å². The van der Waals surface area contributed by atoms with E-state index in [0.717, 1.165) is 37.3 Å². The fourth-order valence-electron chi connectivity index (χ4n) is 3.33. The summed E-state index contributed by atoms with van der Waals surface area (Å²) in [6, 6.07) is 9.76. The summed E-state index contributed by atoms with van der Waals surface area (Å²) in [6.45, 7) is 10.4. The van der Waals surface area contributed by atoms with E-state index in [1.807, 2.05) is 19.1 Å². The minimum Gasteiger partial charge on any atom is -0.341 e. The Bertz CT molecular complexity index is 785. The second-order valence-corrected chi connectivity index (χ2v) is 8.38. The third-order valence-electron chi connectivity index (χ3n) is 4.97. The quantitative estimate of drug-likeness (QED) is 0.854. The molecule has 1 aromatic carbocycles. The number of amides is 1. The lowest BCUT2D eigenvalue weighted by molar-refractivity contribution is 0.102. The van der Waals surface area contributed by atoms with Crippen LogP contribution in [0.1, 0.15) is 68.2 Å². The summed E-state index contributed by atoms with van der Waals surface area (Å²) >= 11 is 0. The molecule has 1 aliphatic heterocycles. The zero-order valence-electron chi connectivity index (χ0n) is 16.9. The number of anilines is 2. The van der Waals surface area contributed by atoms with Crippen LogP contribution in [0.4, 0.5) is 11.6 Å². The molecular formula is C22H30N4O. The maximum atomic E-state index is 12.7. The van der Waals surface area contributed by atoms with Crippen LogP contribution in [0.15, 0.2) is 30.3 Å². The van der Waals surface area contributed by atoms with Gasteiger partial charge in [0.05, 0.1) is 0 Å². The standard InChI is InChI=1S/C22H30N4O/c1-16-15-19(25-21(23-16)26-13-7-5-6-8-14-26)20(27)24-18-11-9-17(10-12-18)22(2,3)4/h9-12,15H,5-8,13-14H2,1-4H3,(H,24,27). The van der Waals surface area contributed by atoms with E-state index < -0.39 is 0 Å². The molecule has 1 aromatic heterocycles. The Kier molecular flexibility index (Phi) is 5.78. The van der Waals surface area contributed by atoms with Crippen LogP contribution in [0, 0.1) is 6.92 Å². The number of aryl methyl sites for hydroxylation is 1. The third-order valence-corrected chi connectivity index (χ3v) is 4.97. The Morgan fingerprint density at radius 2 is 1.63 bits per heavy atom. The molecule has 1 N–H and O–H groups in total. The fourth-order valence-corrected chi connectivity index (χ4v) is 3.33. The van der Waals surface area contributed by atoms with Gasteiger partial charge in [0.1, 0.15) is 5.69 Å². The van der Waals surface area contributed by atoms with Gasteiger partial charge >= 0.3 is 0 Å². The van der Waals surface area contributed by atoms with Crippen molar-refractivity contribution in [3.05, 3.63) is 47.3 Å². The van der Waals surface area contributed by atoms with E-state index in [1.54, 1.807) is 6.07 Å². The number of benzene rings is 1. The zero-order valence-corrected chi connectivity index (χ0v) is 16.9. The molecule has 5 nitrogen and oxygen atoms in total. The molecule has 0 spiro atoms. The second kappa shape index (κ2) is 8.07. The number of hydrogen-bond acceptors (Lipinski definition) is 4. The van der Waals surface area contributed by atoms with Crippen molar-refractivity contribution in [1.82, 2.24) is 9.97 Å². The van der Waals surface area contributed by atoms with Crippen LogP contribution in [-0.4, -0.2) is 29.0 Å². The van der Waals surface area contributed by atoms with E-state index in [9.17, 15) is 4.79 Å². The largest absolute Gasteiger partial charge is 0.341 e. The topological polar surface area (TPSA) is 58.1 Å². The first kappa shape index (κ1) is 19.3. The molecule has 0 atom stereocenters. The van der Waals surface area contributed by atoms with Crippen molar-refractivity contribution >= 4 is 17.5 Å². The molecule has 144 valence electrons. The van der Waals surface area contributed by atoms with Crippen molar-refractivity contribution in [3.8, 4) is 0 Å². The highest BCUT2D eigenvalue weighted by atomic mass is 16.1. The van der Waals surface area contributed by atoms with E-state index in [-0.39, 0.29) is 11.3 Å². The molecule has 1 aliphatic rings. The van der Waals surface area contributed by atoms with E-state index in [4.69, 9.17) is 0 Å². The van der Waals surface area contributed by atoms with Crippen LogP contribution >= 0.6 is 0 Å². The van der Waals surface area contributed by atoms with E-state index in [0.29, 0.717) is 11.6 Å². The SMILES string of the molecule is Cc1cc(C(=O)Nc2ccc(C(C)(C)C)cc2)nc(N2CCCCCC2)n1. The van der Waals surface area contributed by atoms with Crippen molar-refractivity contribution < 1.29 is 4.79 Å². The summed E-state index contributed by atoms with van der Waals surface area (Å²) in [5, 5.41) is 2.96.